The zero-order valence-corrected chi connectivity index (χ0v) is 19.2. The van der Waals surface area contributed by atoms with Crippen LogP contribution in [0, 0.1) is 23.2 Å². The predicted octanol–water partition coefficient (Wildman–Crippen LogP) is 2.17. The molecule has 1 fully saturated rings. The molecule has 1 aromatic heterocycles. The molecule has 0 bridgehead atoms. The molecular formula is C24H27N5O5. The number of piperidine rings is 1. The number of amides is 1. The van der Waals surface area contributed by atoms with E-state index in [-0.39, 0.29) is 23.3 Å². The van der Waals surface area contributed by atoms with Gasteiger partial charge in [-0.3, -0.25) is 19.4 Å². The van der Waals surface area contributed by atoms with Crippen molar-refractivity contribution in [2.75, 3.05) is 36.5 Å². The first-order valence-electron chi connectivity index (χ1n) is 11.5. The molecule has 10 heteroatoms. The van der Waals surface area contributed by atoms with Gasteiger partial charge in [-0.05, 0) is 44.4 Å². The molecule has 2 aromatic rings. The van der Waals surface area contributed by atoms with Crippen molar-refractivity contribution in [3.63, 3.8) is 0 Å². The number of carbonyl (C=O) groups excluding carboxylic acids is 2. The number of aromatic nitrogens is 2. The van der Waals surface area contributed by atoms with Crippen LogP contribution in [0.15, 0.2) is 29.1 Å². The summed E-state index contributed by atoms with van der Waals surface area (Å²) in [7, 11) is 0. The van der Waals surface area contributed by atoms with E-state index in [2.05, 4.69) is 15.3 Å². The van der Waals surface area contributed by atoms with E-state index in [1.54, 1.807) is 31.2 Å². The Morgan fingerprint density at radius 3 is 2.68 bits per heavy atom. The van der Waals surface area contributed by atoms with Gasteiger partial charge in [-0.1, -0.05) is 12.1 Å². The fourth-order valence-corrected chi connectivity index (χ4v) is 4.56. The molecule has 10 nitrogen and oxygen atoms in total. The standard InChI is InChI=1S/C24H27N5O5/c1-3-33-16-7-5-6-15(12-16)18-17(13-25)21(30)26-20-19(18)22(31)28-24(27-20)29-10-8-14(9-11-29)23(32)34-4-2/h5-7,12,14,17-18H,3-4,8-11H2,1-2H3,(H2,26,27,28,30,31). The molecule has 0 radical (unpaired) electrons. The highest BCUT2D eigenvalue weighted by Gasteiger charge is 2.40. The number of hydrogen-bond acceptors (Lipinski definition) is 8. The lowest BCUT2D eigenvalue weighted by molar-refractivity contribution is -0.148. The Hall–Kier alpha value is -3.87. The molecule has 2 atom stereocenters. The molecule has 2 N–H and O–H groups in total. The third-order valence-corrected chi connectivity index (χ3v) is 6.19. The van der Waals surface area contributed by atoms with Crippen LogP contribution in [0.25, 0.3) is 0 Å². The number of nitrogens with one attached hydrogen (secondary N) is 2. The topological polar surface area (TPSA) is 137 Å². The summed E-state index contributed by atoms with van der Waals surface area (Å²) in [6.07, 6.45) is 1.16. The number of aromatic amines is 1. The minimum absolute atomic E-state index is 0.148. The van der Waals surface area contributed by atoms with Gasteiger partial charge in [0.2, 0.25) is 11.9 Å². The summed E-state index contributed by atoms with van der Waals surface area (Å²) in [6, 6.07) is 9.10. The molecule has 4 rings (SSSR count). The van der Waals surface area contributed by atoms with Crippen LogP contribution in [0.3, 0.4) is 0 Å². The molecule has 2 aliphatic heterocycles. The molecule has 2 unspecified atom stereocenters. The van der Waals surface area contributed by atoms with E-state index in [0.717, 1.165) is 0 Å². The lowest BCUT2D eigenvalue weighted by Crippen LogP contribution is -2.41. The number of nitrogens with zero attached hydrogens (tertiary/aromatic N) is 3. The molecule has 2 aliphatic rings. The minimum Gasteiger partial charge on any atom is -0.494 e. The summed E-state index contributed by atoms with van der Waals surface area (Å²) in [4.78, 5) is 47.3. The molecule has 1 saturated heterocycles. The van der Waals surface area contributed by atoms with E-state index in [0.29, 0.717) is 56.4 Å². The van der Waals surface area contributed by atoms with Crippen LogP contribution in [0.1, 0.15) is 43.7 Å². The maximum atomic E-state index is 13.3. The average molecular weight is 466 g/mol. The van der Waals surface area contributed by atoms with Gasteiger partial charge in [0.25, 0.3) is 5.56 Å². The molecule has 34 heavy (non-hydrogen) atoms. The van der Waals surface area contributed by atoms with Crippen LogP contribution in [0.2, 0.25) is 0 Å². The van der Waals surface area contributed by atoms with E-state index in [4.69, 9.17) is 9.47 Å². The van der Waals surface area contributed by atoms with Crippen molar-refractivity contribution in [1.29, 1.82) is 5.26 Å². The summed E-state index contributed by atoms with van der Waals surface area (Å²) >= 11 is 0. The quantitative estimate of drug-likeness (QED) is 0.619. The number of hydrogen-bond donors (Lipinski definition) is 2. The van der Waals surface area contributed by atoms with Crippen LogP contribution in [0.4, 0.5) is 11.8 Å². The normalized spacial score (nSPS) is 20.1. The first-order valence-corrected chi connectivity index (χ1v) is 11.5. The average Bonchev–Trinajstić information content (AvgIpc) is 2.83. The van der Waals surface area contributed by atoms with Gasteiger partial charge < -0.3 is 19.7 Å². The highest BCUT2D eigenvalue weighted by atomic mass is 16.5. The van der Waals surface area contributed by atoms with E-state index < -0.39 is 23.3 Å². The van der Waals surface area contributed by atoms with Crippen LogP contribution in [0.5, 0.6) is 5.75 Å². The first kappa shape index (κ1) is 23.3. The Morgan fingerprint density at radius 2 is 2.00 bits per heavy atom. The Bertz CT molecular complexity index is 1180. The van der Waals surface area contributed by atoms with Gasteiger partial charge in [0.1, 0.15) is 17.5 Å². The van der Waals surface area contributed by atoms with Gasteiger partial charge in [-0.25, -0.2) is 0 Å². The van der Waals surface area contributed by atoms with Gasteiger partial charge in [-0.15, -0.1) is 0 Å². The number of ether oxygens (including phenoxy) is 2. The summed E-state index contributed by atoms with van der Waals surface area (Å²) in [5.74, 6) is -1.70. The van der Waals surface area contributed by atoms with Crippen molar-refractivity contribution < 1.29 is 19.1 Å². The number of rotatable bonds is 6. The summed E-state index contributed by atoms with van der Waals surface area (Å²) in [5, 5.41) is 12.4. The monoisotopic (exact) mass is 465 g/mol. The van der Waals surface area contributed by atoms with Gasteiger partial charge in [0, 0.05) is 19.0 Å². The molecule has 0 saturated carbocycles. The zero-order valence-electron chi connectivity index (χ0n) is 19.2. The number of esters is 1. The fourth-order valence-electron chi connectivity index (χ4n) is 4.56. The maximum Gasteiger partial charge on any atom is 0.309 e. The van der Waals surface area contributed by atoms with Crippen molar-refractivity contribution in [3.05, 3.63) is 45.7 Å². The predicted molar refractivity (Wildman–Crippen MR) is 124 cm³/mol. The fraction of sp³-hybridized carbons (Fsp3) is 0.458. The number of carbonyl (C=O) groups is 2. The smallest absolute Gasteiger partial charge is 0.309 e. The van der Waals surface area contributed by atoms with Crippen LogP contribution in [-0.2, 0) is 14.3 Å². The van der Waals surface area contributed by atoms with Crippen LogP contribution < -0.4 is 20.5 Å². The SMILES string of the molecule is CCOC(=O)C1CCN(c2nc3c(c(=O)[nH]2)C(c2cccc(OCC)c2)C(C#N)C(=O)N3)CC1. The lowest BCUT2D eigenvalue weighted by atomic mass is 9.79. The molecule has 0 aliphatic carbocycles. The lowest BCUT2D eigenvalue weighted by Gasteiger charge is -2.33. The summed E-state index contributed by atoms with van der Waals surface area (Å²) < 4.78 is 10.7. The highest BCUT2D eigenvalue weighted by molar-refractivity contribution is 5.98. The summed E-state index contributed by atoms with van der Waals surface area (Å²) in [5.41, 5.74) is 0.452. The Labute approximate surface area is 196 Å². The number of anilines is 2. The number of H-pyrrole nitrogens is 1. The number of benzene rings is 1. The number of fused-ring (bicyclic) bond motifs is 1. The van der Waals surface area contributed by atoms with Crippen LogP contribution >= 0.6 is 0 Å². The number of nitriles is 1. The highest BCUT2D eigenvalue weighted by Crippen LogP contribution is 2.39. The third-order valence-electron chi connectivity index (χ3n) is 6.19. The second kappa shape index (κ2) is 9.95. The first-order chi connectivity index (χ1) is 16.5. The van der Waals surface area contributed by atoms with Crippen molar-refractivity contribution in [2.45, 2.75) is 32.6 Å². The van der Waals surface area contributed by atoms with Crippen molar-refractivity contribution in [3.8, 4) is 11.8 Å². The summed E-state index contributed by atoms with van der Waals surface area (Å²) in [6.45, 7) is 5.47. The molecule has 178 valence electrons. The van der Waals surface area contributed by atoms with Gasteiger partial charge in [0.15, 0.2) is 0 Å². The van der Waals surface area contributed by atoms with Gasteiger partial charge in [-0.2, -0.15) is 10.2 Å². The van der Waals surface area contributed by atoms with E-state index in [9.17, 15) is 19.6 Å². The van der Waals surface area contributed by atoms with Gasteiger partial charge in [0.05, 0.1) is 30.8 Å². The van der Waals surface area contributed by atoms with Crippen molar-refractivity contribution >= 4 is 23.6 Å². The molecule has 1 amide bonds. The molecule has 1 aromatic carbocycles. The second-order valence-corrected chi connectivity index (χ2v) is 8.24. The van der Waals surface area contributed by atoms with E-state index in [1.807, 2.05) is 17.9 Å². The Morgan fingerprint density at radius 1 is 1.24 bits per heavy atom. The van der Waals surface area contributed by atoms with Crippen molar-refractivity contribution in [1.82, 2.24) is 9.97 Å². The largest absolute Gasteiger partial charge is 0.494 e. The molecule has 0 spiro atoms. The van der Waals surface area contributed by atoms with Gasteiger partial charge >= 0.3 is 5.97 Å². The minimum atomic E-state index is -1.08. The molecular weight excluding hydrogens is 438 g/mol. The maximum absolute atomic E-state index is 13.3. The molecule has 3 heterocycles. The third kappa shape index (κ3) is 4.46. The zero-order chi connectivity index (χ0) is 24.2. The Kier molecular flexibility index (Phi) is 6.82. The van der Waals surface area contributed by atoms with Crippen LogP contribution in [-0.4, -0.2) is 48.1 Å². The van der Waals surface area contributed by atoms with E-state index >= 15 is 0 Å². The second-order valence-electron chi connectivity index (χ2n) is 8.24. The van der Waals surface area contributed by atoms with E-state index in [1.165, 1.54) is 0 Å². The van der Waals surface area contributed by atoms with Crippen molar-refractivity contribution in [2.24, 2.45) is 11.8 Å². The Balaban J connectivity index is 1.67.